The summed E-state index contributed by atoms with van der Waals surface area (Å²) in [4.78, 5) is 14.0. The first-order chi connectivity index (χ1) is 9.49. The number of hydrogen-bond donors (Lipinski definition) is 1. The highest BCUT2D eigenvalue weighted by Gasteiger charge is 2.18. The molecule has 112 valence electrons. The van der Waals surface area contributed by atoms with Crippen LogP contribution < -0.4 is 5.32 Å². The number of nitrogens with one attached hydrogen (secondary N) is 1. The van der Waals surface area contributed by atoms with Gasteiger partial charge in [-0.25, -0.2) is 4.39 Å². The van der Waals surface area contributed by atoms with E-state index in [1.165, 1.54) is 12.1 Å². The van der Waals surface area contributed by atoms with Crippen molar-refractivity contribution in [3.8, 4) is 0 Å². The van der Waals surface area contributed by atoms with Crippen molar-refractivity contribution in [2.24, 2.45) is 5.92 Å². The smallest absolute Gasteiger partial charge is 0.223 e. The average molecular weight is 280 g/mol. The van der Waals surface area contributed by atoms with E-state index in [1.54, 1.807) is 6.07 Å². The number of halogens is 1. The predicted molar refractivity (Wildman–Crippen MR) is 79.9 cm³/mol. The molecule has 0 aromatic heterocycles. The van der Waals surface area contributed by atoms with Crippen molar-refractivity contribution in [3.63, 3.8) is 0 Å². The Balaban J connectivity index is 2.72. The van der Waals surface area contributed by atoms with Gasteiger partial charge in [0.05, 0.1) is 6.04 Å². The topological polar surface area (TPSA) is 32.3 Å². The number of likely N-dealkylation sites (N-methyl/N-ethyl adjacent to an activating group) is 1. The van der Waals surface area contributed by atoms with Gasteiger partial charge in [0.15, 0.2) is 0 Å². The average Bonchev–Trinajstić information content (AvgIpc) is 2.40. The Labute approximate surface area is 121 Å². The number of carbonyl (C=O) groups excluding carboxylic acids is 1. The highest BCUT2D eigenvalue weighted by atomic mass is 19.1. The van der Waals surface area contributed by atoms with Crippen molar-refractivity contribution >= 4 is 5.91 Å². The maximum Gasteiger partial charge on any atom is 0.223 e. The van der Waals surface area contributed by atoms with Crippen molar-refractivity contribution < 1.29 is 9.18 Å². The van der Waals surface area contributed by atoms with Gasteiger partial charge in [-0.3, -0.25) is 4.79 Å². The molecular formula is C16H25FN2O. The lowest BCUT2D eigenvalue weighted by molar-refractivity contribution is -0.125. The summed E-state index contributed by atoms with van der Waals surface area (Å²) in [6.07, 6.45) is 1.68. The third kappa shape index (κ3) is 4.60. The molecule has 1 amide bonds. The predicted octanol–water partition coefficient (Wildman–Crippen LogP) is 2.98. The number of amides is 1. The molecule has 1 atom stereocenters. The van der Waals surface area contributed by atoms with Gasteiger partial charge in [-0.1, -0.05) is 26.0 Å². The van der Waals surface area contributed by atoms with E-state index in [0.717, 1.165) is 18.4 Å². The SMILES string of the molecule is CCC(CC)C(=O)NCC(c1cccc(F)c1)N(C)C. The normalized spacial score (nSPS) is 12.8. The molecule has 1 rings (SSSR count). The summed E-state index contributed by atoms with van der Waals surface area (Å²) in [6.45, 7) is 4.53. The molecule has 0 radical (unpaired) electrons. The largest absolute Gasteiger partial charge is 0.354 e. The molecular weight excluding hydrogens is 255 g/mol. The minimum absolute atomic E-state index is 0.0241. The van der Waals surface area contributed by atoms with E-state index in [0.29, 0.717) is 6.54 Å². The zero-order valence-electron chi connectivity index (χ0n) is 12.8. The number of benzene rings is 1. The zero-order valence-corrected chi connectivity index (χ0v) is 12.8. The molecule has 1 aromatic carbocycles. The molecule has 20 heavy (non-hydrogen) atoms. The van der Waals surface area contributed by atoms with Gasteiger partial charge in [-0.15, -0.1) is 0 Å². The van der Waals surface area contributed by atoms with E-state index in [9.17, 15) is 9.18 Å². The lowest BCUT2D eigenvalue weighted by Crippen LogP contribution is -2.37. The molecule has 1 aromatic rings. The van der Waals surface area contributed by atoms with E-state index in [4.69, 9.17) is 0 Å². The minimum Gasteiger partial charge on any atom is -0.354 e. The fraction of sp³-hybridized carbons (Fsp3) is 0.562. The summed E-state index contributed by atoms with van der Waals surface area (Å²) in [5, 5.41) is 2.98. The highest BCUT2D eigenvalue weighted by Crippen LogP contribution is 2.18. The van der Waals surface area contributed by atoms with E-state index >= 15 is 0 Å². The minimum atomic E-state index is -0.249. The van der Waals surface area contributed by atoms with Gasteiger partial charge in [0.1, 0.15) is 5.82 Å². The Morgan fingerprint density at radius 3 is 2.45 bits per heavy atom. The molecule has 0 spiro atoms. The van der Waals surface area contributed by atoms with E-state index in [2.05, 4.69) is 5.32 Å². The van der Waals surface area contributed by atoms with Crippen LogP contribution in [0.2, 0.25) is 0 Å². The van der Waals surface area contributed by atoms with Crippen LogP contribution in [0.15, 0.2) is 24.3 Å². The Hall–Kier alpha value is -1.42. The maximum absolute atomic E-state index is 13.3. The molecule has 0 aliphatic carbocycles. The standard InChI is InChI=1S/C16H25FN2O/c1-5-12(6-2)16(20)18-11-15(19(3)4)13-8-7-9-14(17)10-13/h7-10,12,15H,5-6,11H2,1-4H3,(H,18,20). The summed E-state index contributed by atoms with van der Waals surface area (Å²) in [7, 11) is 3.86. The van der Waals surface area contributed by atoms with Crippen LogP contribution in [0.25, 0.3) is 0 Å². The quantitative estimate of drug-likeness (QED) is 0.833. The first-order valence-electron chi connectivity index (χ1n) is 7.19. The fourth-order valence-electron chi connectivity index (χ4n) is 2.31. The van der Waals surface area contributed by atoms with Gasteiger partial charge in [0, 0.05) is 12.5 Å². The molecule has 0 aliphatic rings. The third-order valence-electron chi connectivity index (χ3n) is 3.68. The van der Waals surface area contributed by atoms with Crippen molar-refractivity contribution in [2.45, 2.75) is 32.7 Å². The van der Waals surface area contributed by atoms with Crippen LogP contribution in [0.5, 0.6) is 0 Å². The molecule has 0 bridgehead atoms. The molecule has 3 nitrogen and oxygen atoms in total. The number of nitrogens with zero attached hydrogens (tertiary/aromatic N) is 1. The molecule has 0 saturated carbocycles. The van der Waals surface area contributed by atoms with Gasteiger partial charge < -0.3 is 10.2 Å². The van der Waals surface area contributed by atoms with Crippen LogP contribution in [0, 0.1) is 11.7 Å². The Bertz CT molecular complexity index is 430. The van der Waals surface area contributed by atoms with Crippen LogP contribution in [0.3, 0.4) is 0 Å². The van der Waals surface area contributed by atoms with E-state index in [1.807, 2.05) is 38.9 Å². The van der Waals surface area contributed by atoms with E-state index < -0.39 is 0 Å². The lowest BCUT2D eigenvalue weighted by atomic mass is 10.0. The molecule has 1 N–H and O–H groups in total. The summed E-state index contributed by atoms with van der Waals surface area (Å²) in [5.74, 6) is -0.107. The number of hydrogen-bond acceptors (Lipinski definition) is 2. The van der Waals surface area contributed by atoms with Gasteiger partial charge in [-0.05, 0) is 44.6 Å². The van der Waals surface area contributed by atoms with Crippen LogP contribution in [0.1, 0.15) is 38.3 Å². The van der Waals surface area contributed by atoms with E-state index in [-0.39, 0.29) is 23.7 Å². The highest BCUT2D eigenvalue weighted by molar-refractivity contribution is 5.78. The molecule has 1 unspecified atom stereocenters. The summed E-state index contributed by atoms with van der Waals surface area (Å²) in [5.41, 5.74) is 0.875. The Morgan fingerprint density at radius 2 is 1.95 bits per heavy atom. The molecule has 0 saturated heterocycles. The molecule has 0 fully saturated rings. The molecule has 4 heteroatoms. The Kier molecular flexibility index (Phi) is 6.65. The fourth-order valence-corrected chi connectivity index (χ4v) is 2.31. The number of rotatable bonds is 7. The van der Waals surface area contributed by atoms with Gasteiger partial charge >= 0.3 is 0 Å². The second kappa shape index (κ2) is 8.00. The van der Waals surface area contributed by atoms with Gasteiger partial charge in [0.2, 0.25) is 5.91 Å². The second-order valence-electron chi connectivity index (χ2n) is 5.29. The zero-order chi connectivity index (χ0) is 15.1. The molecule has 0 heterocycles. The van der Waals surface area contributed by atoms with Gasteiger partial charge in [-0.2, -0.15) is 0 Å². The van der Waals surface area contributed by atoms with Gasteiger partial charge in [0.25, 0.3) is 0 Å². The first-order valence-corrected chi connectivity index (χ1v) is 7.19. The summed E-state index contributed by atoms with van der Waals surface area (Å²) in [6, 6.07) is 6.51. The summed E-state index contributed by atoms with van der Waals surface area (Å²) < 4.78 is 13.3. The maximum atomic E-state index is 13.3. The second-order valence-corrected chi connectivity index (χ2v) is 5.29. The van der Waals surface area contributed by atoms with Crippen LogP contribution >= 0.6 is 0 Å². The lowest BCUT2D eigenvalue weighted by Gasteiger charge is -2.26. The van der Waals surface area contributed by atoms with Crippen molar-refractivity contribution in [1.82, 2.24) is 10.2 Å². The first kappa shape index (κ1) is 16.6. The Morgan fingerprint density at radius 1 is 1.30 bits per heavy atom. The van der Waals surface area contributed by atoms with Crippen molar-refractivity contribution in [1.29, 1.82) is 0 Å². The summed E-state index contributed by atoms with van der Waals surface area (Å²) >= 11 is 0. The van der Waals surface area contributed by atoms with Crippen LogP contribution in [-0.2, 0) is 4.79 Å². The number of carbonyl (C=O) groups is 1. The monoisotopic (exact) mass is 280 g/mol. The molecule has 0 aliphatic heterocycles. The van der Waals surface area contributed by atoms with Crippen LogP contribution in [0.4, 0.5) is 4.39 Å². The van der Waals surface area contributed by atoms with Crippen molar-refractivity contribution in [3.05, 3.63) is 35.6 Å². The van der Waals surface area contributed by atoms with Crippen LogP contribution in [-0.4, -0.2) is 31.4 Å². The third-order valence-corrected chi connectivity index (χ3v) is 3.68. The van der Waals surface area contributed by atoms with Crippen molar-refractivity contribution in [2.75, 3.05) is 20.6 Å².